The Labute approximate surface area is 110 Å². The average Bonchev–Trinajstić information content (AvgIpc) is 2.81. The van der Waals surface area contributed by atoms with Crippen LogP contribution in [0.2, 0.25) is 0 Å². The lowest BCUT2D eigenvalue weighted by molar-refractivity contribution is -0.385. The van der Waals surface area contributed by atoms with Crippen molar-refractivity contribution in [1.29, 1.82) is 0 Å². The minimum atomic E-state index is -0.571. The van der Waals surface area contributed by atoms with E-state index in [1.165, 1.54) is 18.6 Å². The fourth-order valence-corrected chi connectivity index (χ4v) is 3.11. The smallest absolute Gasteiger partial charge is 0.272 e. The molecule has 0 spiro atoms. The second-order valence-corrected chi connectivity index (χ2v) is 5.26. The second kappa shape index (κ2) is 4.77. The summed E-state index contributed by atoms with van der Waals surface area (Å²) in [6.07, 6.45) is 2.33. The summed E-state index contributed by atoms with van der Waals surface area (Å²) in [5.41, 5.74) is 0.276. The van der Waals surface area contributed by atoms with Crippen LogP contribution in [-0.4, -0.2) is 30.6 Å². The summed E-state index contributed by atoms with van der Waals surface area (Å²) >= 11 is 0. The highest BCUT2D eigenvalue weighted by Crippen LogP contribution is 2.31. The van der Waals surface area contributed by atoms with E-state index in [2.05, 4.69) is 5.32 Å². The van der Waals surface area contributed by atoms with Crippen LogP contribution in [0.25, 0.3) is 0 Å². The number of hydrogen-bond acceptors (Lipinski definition) is 4. The normalized spacial score (nSPS) is 26.3. The Morgan fingerprint density at radius 1 is 1.42 bits per heavy atom. The van der Waals surface area contributed by atoms with Gasteiger partial charge in [0, 0.05) is 25.2 Å². The van der Waals surface area contributed by atoms with Gasteiger partial charge < -0.3 is 10.2 Å². The van der Waals surface area contributed by atoms with Crippen molar-refractivity contribution in [2.45, 2.75) is 18.9 Å². The van der Waals surface area contributed by atoms with Crippen molar-refractivity contribution in [3.05, 3.63) is 34.1 Å². The standard InChI is InChI=1S/C13H16FN3O2/c14-11-6-10(17(18)19)3-4-13(11)16-7-9-2-1-5-15-12(9)8-16/h3-4,6,9,12,15H,1-2,5,7-8H2/t9-,12+/m0/s1. The molecule has 0 saturated carbocycles. The average molecular weight is 265 g/mol. The van der Waals surface area contributed by atoms with Crippen molar-refractivity contribution < 1.29 is 9.31 Å². The van der Waals surface area contributed by atoms with Crippen LogP contribution in [0.5, 0.6) is 0 Å². The van der Waals surface area contributed by atoms with Gasteiger partial charge in [-0.25, -0.2) is 4.39 Å². The van der Waals surface area contributed by atoms with Crippen molar-refractivity contribution >= 4 is 11.4 Å². The molecule has 0 aliphatic carbocycles. The summed E-state index contributed by atoms with van der Waals surface area (Å²) in [5.74, 6) is 0.0520. The highest BCUT2D eigenvalue weighted by atomic mass is 19.1. The molecule has 0 bridgehead atoms. The quantitative estimate of drug-likeness (QED) is 0.655. The third kappa shape index (κ3) is 2.28. The number of benzene rings is 1. The fourth-order valence-electron chi connectivity index (χ4n) is 3.11. The van der Waals surface area contributed by atoms with E-state index in [1.807, 2.05) is 4.90 Å². The Bertz CT molecular complexity index is 495. The molecule has 1 N–H and O–H groups in total. The van der Waals surface area contributed by atoms with E-state index in [9.17, 15) is 14.5 Å². The van der Waals surface area contributed by atoms with Gasteiger partial charge in [0.25, 0.3) is 5.69 Å². The maximum Gasteiger partial charge on any atom is 0.272 e. The second-order valence-electron chi connectivity index (χ2n) is 5.26. The first-order valence-electron chi connectivity index (χ1n) is 6.57. The van der Waals surface area contributed by atoms with E-state index in [4.69, 9.17) is 0 Å². The number of anilines is 1. The topological polar surface area (TPSA) is 58.4 Å². The minimum absolute atomic E-state index is 0.198. The SMILES string of the molecule is O=[N+]([O-])c1ccc(N2C[C@@H]3CCCN[C@@H]3C2)c(F)c1. The van der Waals surface area contributed by atoms with Gasteiger partial charge in [0.05, 0.1) is 16.7 Å². The molecular formula is C13H16FN3O2. The van der Waals surface area contributed by atoms with E-state index in [-0.39, 0.29) is 5.69 Å². The maximum absolute atomic E-state index is 14.0. The van der Waals surface area contributed by atoms with Gasteiger partial charge in [0.2, 0.25) is 0 Å². The fraction of sp³-hybridized carbons (Fsp3) is 0.538. The number of halogens is 1. The Hall–Kier alpha value is -1.69. The van der Waals surface area contributed by atoms with Crippen molar-refractivity contribution in [2.24, 2.45) is 5.92 Å². The number of fused-ring (bicyclic) bond motifs is 1. The molecule has 102 valence electrons. The Morgan fingerprint density at radius 2 is 2.26 bits per heavy atom. The first kappa shape index (κ1) is 12.3. The zero-order valence-electron chi connectivity index (χ0n) is 10.5. The molecule has 0 aromatic heterocycles. The van der Waals surface area contributed by atoms with Crippen LogP contribution in [0, 0.1) is 21.8 Å². The van der Waals surface area contributed by atoms with E-state index in [1.54, 1.807) is 0 Å². The predicted molar refractivity (Wildman–Crippen MR) is 69.8 cm³/mol. The first-order valence-corrected chi connectivity index (χ1v) is 6.57. The molecule has 2 heterocycles. The number of rotatable bonds is 2. The number of piperidine rings is 1. The van der Waals surface area contributed by atoms with Gasteiger partial charge in [0.1, 0.15) is 0 Å². The van der Waals surface area contributed by atoms with Crippen LogP contribution in [-0.2, 0) is 0 Å². The summed E-state index contributed by atoms with van der Waals surface area (Å²) < 4.78 is 14.0. The summed E-state index contributed by atoms with van der Waals surface area (Å²) in [7, 11) is 0. The van der Waals surface area contributed by atoms with Gasteiger partial charge in [-0.15, -0.1) is 0 Å². The molecule has 2 saturated heterocycles. The monoisotopic (exact) mass is 265 g/mol. The van der Waals surface area contributed by atoms with E-state index in [0.717, 1.165) is 32.1 Å². The van der Waals surface area contributed by atoms with Gasteiger partial charge in [-0.1, -0.05) is 0 Å². The first-order chi connectivity index (χ1) is 9.15. The lowest BCUT2D eigenvalue weighted by Gasteiger charge is -2.24. The zero-order valence-corrected chi connectivity index (χ0v) is 10.5. The lowest BCUT2D eigenvalue weighted by atomic mass is 9.94. The van der Waals surface area contributed by atoms with Crippen molar-refractivity contribution in [3.8, 4) is 0 Å². The molecule has 0 amide bonds. The number of hydrogen-bond donors (Lipinski definition) is 1. The van der Waals surface area contributed by atoms with Crippen molar-refractivity contribution in [1.82, 2.24) is 5.32 Å². The largest absolute Gasteiger partial charge is 0.367 e. The summed E-state index contributed by atoms with van der Waals surface area (Å²) in [6.45, 7) is 2.63. The number of nitrogens with zero attached hydrogens (tertiary/aromatic N) is 2. The summed E-state index contributed by atoms with van der Waals surface area (Å²) in [5, 5.41) is 14.1. The third-order valence-electron chi connectivity index (χ3n) is 4.08. The van der Waals surface area contributed by atoms with Crippen LogP contribution >= 0.6 is 0 Å². The highest BCUT2D eigenvalue weighted by Gasteiger charge is 2.35. The predicted octanol–water partition coefficient (Wildman–Crippen LogP) is 1.92. The van der Waals surface area contributed by atoms with Crippen LogP contribution < -0.4 is 10.2 Å². The molecule has 5 nitrogen and oxygen atoms in total. The molecule has 0 radical (unpaired) electrons. The molecule has 1 aromatic rings. The van der Waals surface area contributed by atoms with Gasteiger partial charge in [-0.3, -0.25) is 10.1 Å². The Kier molecular flexibility index (Phi) is 3.10. The van der Waals surface area contributed by atoms with Gasteiger partial charge in [-0.05, 0) is 31.4 Å². The van der Waals surface area contributed by atoms with Crippen molar-refractivity contribution in [3.63, 3.8) is 0 Å². The van der Waals surface area contributed by atoms with Gasteiger partial charge in [0.15, 0.2) is 5.82 Å². The summed E-state index contributed by atoms with van der Waals surface area (Å²) in [4.78, 5) is 12.0. The van der Waals surface area contributed by atoms with Crippen LogP contribution in [0.3, 0.4) is 0 Å². The molecule has 2 aliphatic rings. The van der Waals surface area contributed by atoms with Gasteiger partial charge in [-0.2, -0.15) is 0 Å². The number of nitrogens with one attached hydrogen (secondary N) is 1. The van der Waals surface area contributed by atoms with Gasteiger partial charge >= 0.3 is 0 Å². The van der Waals surface area contributed by atoms with Crippen molar-refractivity contribution in [2.75, 3.05) is 24.5 Å². The minimum Gasteiger partial charge on any atom is -0.367 e. The molecule has 2 fully saturated rings. The van der Waals surface area contributed by atoms with E-state index >= 15 is 0 Å². The zero-order chi connectivity index (χ0) is 13.4. The van der Waals surface area contributed by atoms with E-state index in [0.29, 0.717) is 17.6 Å². The molecule has 3 rings (SSSR count). The maximum atomic E-state index is 14.0. The lowest BCUT2D eigenvalue weighted by Crippen LogP contribution is -2.40. The number of non-ortho nitro benzene ring substituents is 1. The van der Waals surface area contributed by atoms with Crippen LogP contribution in [0.4, 0.5) is 15.8 Å². The third-order valence-corrected chi connectivity index (χ3v) is 4.08. The highest BCUT2D eigenvalue weighted by molar-refractivity contribution is 5.53. The molecule has 2 aliphatic heterocycles. The molecule has 6 heteroatoms. The number of nitro groups is 1. The van der Waals surface area contributed by atoms with Crippen LogP contribution in [0.15, 0.2) is 18.2 Å². The molecule has 19 heavy (non-hydrogen) atoms. The molecule has 0 unspecified atom stereocenters. The van der Waals surface area contributed by atoms with E-state index < -0.39 is 10.7 Å². The van der Waals surface area contributed by atoms with Crippen LogP contribution in [0.1, 0.15) is 12.8 Å². The summed E-state index contributed by atoms with van der Waals surface area (Å²) in [6, 6.07) is 4.31. The molecular weight excluding hydrogens is 249 g/mol. The molecule has 2 atom stereocenters. The molecule has 1 aromatic carbocycles. The Balaban J connectivity index is 1.81. The number of nitro benzene ring substituents is 1. The Morgan fingerprint density at radius 3 is 2.95 bits per heavy atom.